The van der Waals surface area contributed by atoms with Gasteiger partial charge in [0.1, 0.15) is 6.54 Å². The van der Waals surface area contributed by atoms with Crippen molar-refractivity contribution in [1.29, 1.82) is 0 Å². The Balaban J connectivity index is 1.79. The van der Waals surface area contributed by atoms with Crippen LogP contribution in [0.15, 0.2) is 42.5 Å². The minimum Gasteiger partial charge on any atom is -0.340 e. The Hall–Kier alpha value is -1.34. The molecule has 0 bridgehead atoms. The normalized spacial score (nSPS) is 16.7. The average molecular weight is 226 g/mol. The highest BCUT2D eigenvalue weighted by atomic mass is 14.9. The van der Waals surface area contributed by atoms with E-state index >= 15 is 0 Å². The van der Waals surface area contributed by atoms with Crippen molar-refractivity contribution >= 4 is 10.8 Å². The van der Waals surface area contributed by atoms with Crippen molar-refractivity contribution in [3.8, 4) is 0 Å². The summed E-state index contributed by atoms with van der Waals surface area (Å²) in [5.74, 6) is 0. The van der Waals surface area contributed by atoms with Gasteiger partial charge in [-0.1, -0.05) is 42.5 Å². The van der Waals surface area contributed by atoms with E-state index < -0.39 is 0 Å². The molecule has 0 heterocycles. The molecule has 3 rings (SSSR count). The van der Waals surface area contributed by atoms with Gasteiger partial charge in [0, 0.05) is 5.56 Å². The van der Waals surface area contributed by atoms with Gasteiger partial charge in [-0.3, -0.25) is 0 Å². The molecule has 17 heavy (non-hydrogen) atoms. The molecule has 1 aliphatic rings. The second-order valence-corrected chi connectivity index (χ2v) is 5.12. The molecule has 1 aliphatic carbocycles. The van der Waals surface area contributed by atoms with Crippen molar-refractivity contribution in [2.75, 3.05) is 0 Å². The summed E-state index contributed by atoms with van der Waals surface area (Å²) in [6.07, 6.45) is 5.67. The number of fused-ring (bicyclic) bond motifs is 1. The minimum atomic E-state index is 0.869. The highest BCUT2D eigenvalue weighted by Crippen LogP contribution is 2.18. The fourth-order valence-corrected chi connectivity index (χ4v) is 2.96. The van der Waals surface area contributed by atoms with Gasteiger partial charge in [0.25, 0.3) is 0 Å². The van der Waals surface area contributed by atoms with Crippen LogP contribution in [0.5, 0.6) is 0 Å². The Kier molecular flexibility index (Phi) is 3.10. The Labute approximate surface area is 103 Å². The summed E-state index contributed by atoms with van der Waals surface area (Å²) in [6, 6.07) is 16.2. The summed E-state index contributed by atoms with van der Waals surface area (Å²) in [4.78, 5) is 0. The van der Waals surface area contributed by atoms with E-state index in [1.807, 2.05) is 0 Å². The topological polar surface area (TPSA) is 16.6 Å². The molecule has 0 radical (unpaired) electrons. The quantitative estimate of drug-likeness (QED) is 0.829. The molecule has 0 aromatic heterocycles. The molecule has 2 N–H and O–H groups in total. The van der Waals surface area contributed by atoms with Crippen LogP contribution in [0.3, 0.4) is 0 Å². The van der Waals surface area contributed by atoms with Gasteiger partial charge in [0.15, 0.2) is 0 Å². The summed E-state index contributed by atoms with van der Waals surface area (Å²) in [7, 11) is 0. The summed E-state index contributed by atoms with van der Waals surface area (Å²) in [6.45, 7) is 1.13. The molecule has 0 amide bonds. The van der Waals surface area contributed by atoms with Crippen molar-refractivity contribution in [1.82, 2.24) is 0 Å². The Bertz CT molecular complexity index is 492. The molecule has 0 unspecified atom stereocenters. The number of quaternary nitrogens is 1. The number of hydrogen-bond donors (Lipinski definition) is 1. The number of nitrogens with two attached hydrogens (primary N) is 1. The molecule has 1 nitrogen and oxygen atoms in total. The predicted octanol–water partition coefficient (Wildman–Crippen LogP) is 2.85. The van der Waals surface area contributed by atoms with Crippen LogP contribution < -0.4 is 5.32 Å². The number of rotatable bonds is 3. The van der Waals surface area contributed by atoms with E-state index in [-0.39, 0.29) is 0 Å². The summed E-state index contributed by atoms with van der Waals surface area (Å²) in [5.41, 5.74) is 1.48. The van der Waals surface area contributed by atoms with E-state index in [2.05, 4.69) is 47.8 Å². The van der Waals surface area contributed by atoms with E-state index in [0.717, 1.165) is 12.6 Å². The molecule has 1 heteroatoms. The van der Waals surface area contributed by atoms with Gasteiger partial charge in [0.05, 0.1) is 6.04 Å². The third kappa shape index (κ3) is 2.34. The molecule has 0 saturated heterocycles. The van der Waals surface area contributed by atoms with Crippen LogP contribution in [-0.4, -0.2) is 6.04 Å². The maximum atomic E-state index is 2.54. The smallest absolute Gasteiger partial charge is 0.102 e. The lowest BCUT2D eigenvalue weighted by atomic mass is 10.0. The van der Waals surface area contributed by atoms with E-state index in [0.29, 0.717) is 0 Å². The molecule has 0 aliphatic heterocycles. The molecule has 1 saturated carbocycles. The fraction of sp³-hybridized carbons (Fsp3) is 0.375. The van der Waals surface area contributed by atoms with Crippen LogP contribution in [0.1, 0.15) is 31.2 Å². The zero-order valence-corrected chi connectivity index (χ0v) is 10.2. The van der Waals surface area contributed by atoms with Gasteiger partial charge in [0.2, 0.25) is 0 Å². The van der Waals surface area contributed by atoms with Crippen LogP contribution in [-0.2, 0) is 6.54 Å². The SMILES string of the molecule is c1ccc2c(C[NH2+]C3CCCC3)cccc2c1. The summed E-state index contributed by atoms with van der Waals surface area (Å²) in [5, 5.41) is 5.32. The predicted molar refractivity (Wildman–Crippen MR) is 71.8 cm³/mol. The Morgan fingerprint density at radius 2 is 1.71 bits per heavy atom. The average Bonchev–Trinajstić information content (AvgIpc) is 2.89. The zero-order valence-electron chi connectivity index (χ0n) is 10.2. The van der Waals surface area contributed by atoms with E-state index in [9.17, 15) is 0 Å². The number of benzene rings is 2. The summed E-state index contributed by atoms with van der Waals surface area (Å²) >= 11 is 0. The van der Waals surface area contributed by atoms with Crippen molar-refractivity contribution in [3.05, 3.63) is 48.0 Å². The van der Waals surface area contributed by atoms with Crippen LogP contribution in [0.2, 0.25) is 0 Å². The standard InChI is InChI=1S/C16H19N/c1-4-11-16-13(6-1)7-5-8-14(16)12-17-15-9-2-3-10-15/h1,4-8,11,15,17H,2-3,9-10,12H2/p+1. The molecule has 88 valence electrons. The largest absolute Gasteiger partial charge is 0.340 e. The van der Waals surface area contributed by atoms with Gasteiger partial charge < -0.3 is 5.32 Å². The molecular formula is C16H20N+. The van der Waals surface area contributed by atoms with Crippen molar-refractivity contribution in [3.63, 3.8) is 0 Å². The van der Waals surface area contributed by atoms with Gasteiger partial charge in [-0.2, -0.15) is 0 Å². The Morgan fingerprint density at radius 1 is 0.941 bits per heavy atom. The van der Waals surface area contributed by atoms with Crippen LogP contribution in [0.25, 0.3) is 10.8 Å². The zero-order chi connectivity index (χ0) is 11.5. The third-order valence-electron chi connectivity index (χ3n) is 3.95. The lowest BCUT2D eigenvalue weighted by Gasteiger charge is -2.10. The lowest BCUT2D eigenvalue weighted by Crippen LogP contribution is -2.87. The maximum absolute atomic E-state index is 2.54. The molecule has 0 atom stereocenters. The van der Waals surface area contributed by atoms with Crippen LogP contribution in [0, 0.1) is 0 Å². The van der Waals surface area contributed by atoms with Gasteiger partial charge in [-0.05, 0) is 36.5 Å². The molecule has 0 spiro atoms. The van der Waals surface area contributed by atoms with Gasteiger partial charge in [-0.25, -0.2) is 0 Å². The van der Waals surface area contributed by atoms with Crippen LogP contribution >= 0.6 is 0 Å². The molecule has 2 aromatic rings. The highest BCUT2D eigenvalue weighted by Gasteiger charge is 2.17. The van der Waals surface area contributed by atoms with Gasteiger partial charge in [-0.15, -0.1) is 0 Å². The third-order valence-corrected chi connectivity index (χ3v) is 3.95. The van der Waals surface area contributed by atoms with E-state index in [1.165, 1.54) is 42.0 Å². The summed E-state index contributed by atoms with van der Waals surface area (Å²) < 4.78 is 0. The second kappa shape index (κ2) is 4.89. The van der Waals surface area contributed by atoms with Gasteiger partial charge >= 0.3 is 0 Å². The first-order chi connectivity index (χ1) is 8.43. The van der Waals surface area contributed by atoms with Crippen molar-refractivity contribution < 1.29 is 5.32 Å². The molecular weight excluding hydrogens is 206 g/mol. The molecule has 1 fully saturated rings. The Morgan fingerprint density at radius 3 is 2.59 bits per heavy atom. The lowest BCUT2D eigenvalue weighted by molar-refractivity contribution is -0.703. The van der Waals surface area contributed by atoms with Crippen molar-refractivity contribution in [2.45, 2.75) is 38.3 Å². The van der Waals surface area contributed by atoms with Crippen LogP contribution in [0.4, 0.5) is 0 Å². The van der Waals surface area contributed by atoms with E-state index in [4.69, 9.17) is 0 Å². The highest BCUT2D eigenvalue weighted by molar-refractivity contribution is 5.85. The van der Waals surface area contributed by atoms with E-state index in [1.54, 1.807) is 0 Å². The van der Waals surface area contributed by atoms with Crippen molar-refractivity contribution in [2.24, 2.45) is 0 Å². The monoisotopic (exact) mass is 226 g/mol. The second-order valence-electron chi connectivity index (χ2n) is 5.12. The maximum Gasteiger partial charge on any atom is 0.102 e. The fourth-order valence-electron chi connectivity index (χ4n) is 2.96. The first kappa shape index (κ1) is 10.8. The first-order valence-electron chi connectivity index (χ1n) is 6.73. The minimum absolute atomic E-state index is 0.869. The first-order valence-corrected chi connectivity index (χ1v) is 6.73. The number of hydrogen-bond acceptors (Lipinski definition) is 0. The molecule has 2 aromatic carbocycles.